The fourth-order valence-corrected chi connectivity index (χ4v) is 3.66. The molecule has 2 rings (SSSR count). The molecule has 0 fully saturated rings. The van der Waals surface area contributed by atoms with Crippen LogP contribution >= 0.6 is 38.5 Å². The third-order valence-electron chi connectivity index (χ3n) is 4.10. The summed E-state index contributed by atoms with van der Waals surface area (Å²) in [6, 6.07) is 8.57. The van der Waals surface area contributed by atoms with Gasteiger partial charge >= 0.3 is 0 Å². The summed E-state index contributed by atoms with van der Waals surface area (Å²) in [6.07, 6.45) is 0. The minimum atomic E-state index is -0.921. The number of rotatable bonds is 8. The third-order valence-corrected chi connectivity index (χ3v) is 5.35. The summed E-state index contributed by atoms with van der Waals surface area (Å²) in [4.78, 5) is 8.23. The average Bonchev–Trinajstić information content (AvgIpc) is 2.60. The molecule has 0 heterocycles. The fourth-order valence-electron chi connectivity index (χ4n) is 2.59. The van der Waals surface area contributed by atoms with Crippen molar-refractivity contribution in [2.75, 3.05) is 31.3 Å². The van der Waals surface area contributed by atoms with Gasteiger partial charge in [0.15, 0.2) is 11.6 Å². The first-order valence-corrected chi connectivity index (χ1v) is 10.3. The second-order valence-electron chi connectivity index (χ2n) is 5.81. The van der Waals surface area contributed by atoms with Gasteiger partial charge in [-0.2, -0.15) is 0 Å². The van der Waals surface area contributed by atoms with Crippen molar-refractivity contribution in [1.82, 2.24) is 4.90 Å². The first kappa shape index (κ1) is 21.5. The van der Waals surface area contributed by atoms with Crippen molar-refractivity contribution in [3.05, 3.63) is 55.6 Å². The Hall–Kier alpha value is -0.770. The number of likely N-dealkylation sites (N-methyl/N-ethyl adjacent to an activating group) is 1. The van der Waals surface area contributed by atoms with E-state index in [9.17, 15) is 8.78 Å². The molecule has 142 valence electrons. The summed E-state index contributed by atoms with van der Waals surface area (Å²) in [6.45, 7) is 9.20. The van der Waals surface area contributed by atoms with Gasteiger partial charge in [-0.05, 0) is 88.4 Å². The van der Waals surface area contributed by atoms with E-state index in [2.05, 4.69) is 57.3 Å². The molecule has 0 saturated heterocycles. The Kier molecular flexibility index (Phi) is 8.25. The maximum absolute atomic E-state index is 13.9. The Labute approximate surface area is 175 Å². The van der Waals surface area contributed by atoms with Gasteiger partial charge < -0.3 is 4.90 Å². The van der Waals surface area contributed by atoms with Crippen LogP contribution in [0.5, 0.6) is 0 Å². The van der Waals surface area contributed by atoms with Crippen LogP contribution in [0.1, 0.15) is 19.4 Å². The van der Waals surface area contributed by atoms with E-state index in [4.69, 9.17) is 4.84 Å². The largest absolute Gasteiger partial charge is 0.301 e. The molecule has 7 heteroatoms. The maximum Gasteiger partial charge on any atom is 0.173 e. The Morgan fingerprint density at radius 1 is 1.12 bits per heavy atom. The van der Waals surface area contributed by atoms with E-state index in [1.54, 1.807) is 5.06 Å². The van der Waals surface area contributed by atoms with Gasteiger partial charge in [0.05, 0.1) is 22.5 Å². The van der Waals surface area contributed by atoms with Crippen LogP contribution < -0.4 is 5.06 Å². The lowest BCUT2D eigenvalue weighted by Crippen LogP contribution is -2.30. The number of halogens is 4. The van der Waals surface area contributed by atoms with Crippen LogP contribution in [0.15, 0.2) is 34.8 Å². The lowest BCUT2D eigenvalue weighted by Gasteiger charge is -2.27. The van der Waals surface area contributed by atoms with Crippen LogP contribution in [-0.4, -0.2) is 31.1 Å². The summed E-state index contributed by atoms with van der Waals surface area (Å²) in [5.41, 5.74) is 2.21. The van der Waals surface area contributed by atoms with E-state index in [0.717, 1.165) is 40.5 Å². The molecule has 26 heavy (non-hydrogen) atoms. The second kappa shape index (κ2) is 9.96. The second-order valence-corrected chi connectivity index (χ2v) is 7.91. The zero-order chi connectivity index (χ0) is 19.3. The minimum absolute atomic E-state index is 0.0630. The molecule has 0 aliphatic carbocycles. The molecular formula is C19H22BrF2IN2O. The van der Waals surface area contributed by atoms with Gasteiger partial charge in [0.1, 0.15) is 0 Å². The standard InChI is InChI=1S/C19H22BrF2IN2O/c1-4-24(5-2)8-9-26-25(18-7-6-14(23)10-13(18)3)15-11-16(20)19(22)17(21)12-15/h6-7,10-12H,4-5,8-9H2,1-3H3. The van der Waals surface area contributed by atoms with E-state index in [0.29, 0.717) is 12.3 Å². The molecule has 0 radical (unpaired) electrons. The molecule has 0 bridgehead atoms. The maximum atomic E-state index is 13.9. The molecule has 2 aromatic rings. The van der Waals surface area contributed by atoms with Crippen molar-refractivity contribution in [2.45, 2.75) is 20.8 Å². The molecule has 2 aromatic carbocycles. The lowest BCUT2D eigenvalue weighted by molar-refractivity contribution is 0.107. The van der Waals surface area contributed by atoms with Gasteiger partial charge in [-0.1, -0.05) is 13.8 Å². The normalized spacial score (nSPS) is 11.2. The summed E-state index contributed by atoms with van der Waals surface area (Å²) in [5, 5.41) is 1.57. The molecule has 0 N–H and O–H groups in total. The zero-order valence-electron chi connectivity index (χ0n) is 15.0. The average molecular weight is 539 g/mol. The molecule has 0 atom stereocenters. The van der Waals surface area contributed by atoms with Crippen LogP contribution in [0.3, 0.4) is 0 Å². The smallest absolute Gasteiger partial charge is 0.173 e. The predicted octanol–water partition coefficient (Wildman–Crippen LogP) is 6.05. The Bertz CT molecular complexity index is 733. The molecule has 0 aliphatic heterocycles. The number of nitrogens with zero attached hydrogens (tertiary/aromatic N) is 2. The first-order chi connectivity index (χ1) is 12.4. The van der Waals surface area contributed by atoms with Crippen LogP contribution in [0.25, 0.3) is 0 Å². The van der Waals surface area contributed by atoms with Crippen LogP contribution in [0.4, 0.5) is 20.2 Å². The highest BCUT2D eigenvalue weighted by Crippen LogP contribution is 2.33. The fraction of sp³-hybridized carbons (Fsp3) is 0.368. The van der Waals surface area contributed by atoms with Gasteiger partial charge in [-0.3, -0.25) is 4.84 Å². The summed E-state index contributed by atoms with van der Waals surface area (Å²) in [7, 11) is 0. The monoisotopic (exact) mass is 538 g/mol. The van der Waals surface area contributed by atoms with E-state index in [-0.39, 0.29) is 4.47 Å². The minimum Gasteiger partial charge on any atom is -0.301 e. The lowest BCUT2D eigenvalue weighted by atomic mass is 10.2. The summed E-state index contributed by atoms with van der Waals surface area (Å²) >= 11 is 5.31. The van der Waals surface area contributed by atoms with E-state index < -0.39 is 11.6 Å². The molecule has 0 spiro atoms. The topological polar surface area (TPSA) is 15.7 Å². The van der Waals surface area contributed by atoms with E-state index >= 15 is 0 Å². The Morgan fingerprint density at radius 2 is 1.81 bits per heavy atom. The van der Waals surface area contributed by atoms with Gasteiger partial charge in [0.25, 0.3) is 0 Å². The molecule has 0 aliphatic rings. The molecule has 0 unspecified atom stereocenters. The van der Waals surface area contributed by atoms with Gasteiger partial charge in [0, 0.05) is 16.2 Å². The van der Waals surface area contributed by atoms with Gasteiger partial charge in [0.2, 0.25) is 0 Å². The van der Waals surface area contributed by atoms with Crippen LogP contribution in [0.2, 0.25) is 0 Å². The third kappa shape index (κ3) is 5.37. The summed E-state index contributed by atoms with van der Waals surface area (Å²) < 4.78 is 28.8. The SMILES string of the molecule is CCN(CC)CCON(c1cc(F)c(F)c(Br)c1)c1ccc(I)cc1C. The molecular weight excluding hydrogens is 517 g/mol. The quantitative estimate of drug-likeness (QED) is 0.231. The van der Waals surface area contributed by atoms with E-state index in [1.165, 1.54) is 6.07 Å². The van der Waals surface area contributed by atoms with Crippen molar-refractivity contribution >= 4 is 49.9 Å². The van der Waals surface area contributed by atoms with Crippen molar-refractivity contribution in [2.24, 2.45) is 0 Å². The molecule has 0 aromatic heterocycles. The highest BCUT2D eigenvalue weighted by atomic mass is 127. The first-order valence-electron chi connectivity index (χ1n) is 8.43. The number of hydrogen-bond donors (Lipinski definition) is 0. The van der Waals surface area contributed by atoms with Crippen molar-refractivity contribution in [3.8, 4) is 0 Å². The Balaban J connectivity index is 2.35. The van der Waals surface area contributed by atoms with E-state index in [1.807, 2.05) is 25.1 Å². The molecule has 0 amide bonds. The van der Waals surface area contributed by atoms with Crippen molar-refractivity contribution in [3.63, 3.8) is 0 Å². The van der Waals surface area contributed by atoms with Crippen molar-refractivity contribution < 1.29 is 13.6 Å². The number of hydrogen-bond acceptors (Lipinski definition) is 3. The summed E-state index contributed by atoms with van der Waals surface area (Å²) in [5.74, 6) is -1.83. The molecule has 0 saturated carbocycles. The van der Waals surface area contributed by atoms with Crippen LogP contribution in [-0.2, 0) is 4.84 Å². The Morgan fingerprint density at radius 3 is 2.38 bits per heavy atom. The van der Waals surface area contributed by atoms with Crippen LogP contribution in [0, 0.1) is 22.1 Å². The van der Waals surface area contributed by atoms with Gasteiger partial charge in [-0.15, -0.1) is 0 Å². The number of aryl methyl sites for hydroxylation is 1. The number of benzene rings is 2. The van der Waals surface area contributed by atoms with Crippen molar-refractivity contribution in [1.29, 1.82) is 0 Å². The highest BCUT2D eigenvalue weighted by Gasteiger charge is 2.18. The zero-order valence-corrected chi connectivity index (χ0v) is 18.8. The van der Waals surface area contributed by atoms with Gasteiger partial charge in [-0.25, -0.2) is 13.8 Å². The molecule has 3 nitrogen and oxygen atoms in total. The predicted molar refractivity (Wildman–Crippen MR) is 114 cm³/mol. The highest BCUT2D eigenvalue weighted by molar-refractivity contribution is 14.1. The number of anilines is 2.